The number of hydrogen-bond donors (Lipinski definition) is 1. The van der Waals surface area contributed by atoms with Crippen LogP contribution in [0.15, 0.2) is 78.9 Å². The predicted octanol–water partition coefficient (Wildman–Crippen LogP) is 4.04. The zero-order valence-electron chi connectivity index (χ0n) is 18.2. The second kappa shape index (κ2) is 9.99. The Labute approximate surface area is 191 Å². The second-order valence-corrected chi connectivity index (χ2v) is 7.58. The number of nitrogens with one attached hydrogen (secondary N) is 1. The molecule has 3 aromatic rings. The third-order valence-electron chi connectivity index (χ3n) is 5.29. The Morgan fingerprint density at radius 2 is 1.70 bits per heavy atom. The number of carbonyl (C=O) groups excluding carboxylic acids is 3. The Morgan fingerprint density at radius 1 is 1.00 bits per heavy atom. The van der Waals surface area contributed by atoms with E-state index < -0.39 is 18.0 Å². The van der Waals surface area contributed by atoms with E-state index in [1.54, 1.807) is 24.3 Å². The van der Waals surface area contributed by atoms with Gasteiger partial charge in [-0.3, -0.25) is 14.4 Å². The normalized spacial score (nSPS) is 13.5. The van der Waals surface area contributed by atoms with E-state index in [0.29, 0.717) is 17.1 Å². The number of carbonyl (C=O) groups is 3. The third kappa shape index (κ3) is 5.20. The van der Waals surface area contributed by atoms with Gasteiger partial charge in [-0.2, -0.15) is 0 Å². The van der Waals surface area contributed by atoms with Crippen LogP contribution in [0.3, 0.4) is 0 Å². The second-order valence-electron chi connectivity index (χ2n) is 7.58. The summed E-state index contributed by atoms with van der Waals surface area (Å²) in [5.41, 5.74) is 3.08. The van der Waals surface area contributed by atoms with E-state index in [-0.39, 0.29) is 25.5 Å². The molecule has 1 N–H and O–H groups in total. The average molecular weight is 444 g/mol. The molecule has 168 valence electrons. The Bertz CT molecular complexity index is 1160. The van der Waals surface area contributed by atoms with Gasteiger partial charge in [0.15, 0.2) is 12.7 Å². The number of fused-ring (bicyclic) bond motifs is 1. The van der Waals surface area contributed by atoms with Crippen LogP contribution in [0.2, 0.25) is 0 Å². The Morgan fingerprint density at radius 3 is 2.52 bits per heavy atom. The van der Waals surface area contributed by atoms with Crippen molar-refractivity contribution in [2.24, 2.45) is 0 Å². The van der Waals surface area contributed by atoms with Crippen LogP contribution in [-0.2, 0) is 19.1 Å². The molecule has 0 saturated heterocycles. The molecule has 3 aromatic carbocycles. The molecule has 0 bridgehead atoms. The Kier molecular flexibility index (Phi) is 6.69. The molecule has 0 unspecified atom stereocenters. The molecule has 7 heteroatoms. The van der Waals surface area contributed by atoms with Gasteiger partial charge in [0.05, 0.1) is 12.1 Å². The first-order valence-corrected chi connectivity index (χ1v) is 10.7. The van der Waals surface area contributed by atoms with Crippen molar-refractivity contribution in [1.82, 2.24) is 0 Å². The standard InChI is InChI=1S/C26H24N2O5/c1-18(26(31)27-21-12-6-5-11-20(21)19-9-3-2-4-10-19)33-25(30)15-16-28-22-13-7-8-14-23(22)32-17-24(28)29/h2-14,18H,15-17H2,1H3,(H,27,31)/t18-/m0/s1. The first kappa shape index (κ1) is 22.1. The topological polar surface area (TPSA) is 84.9 Å². The maximum Gasteiger partial charge on any atom is 0.308 e. The zero-order valence-corrected chi connectivity index (χ0v) is 18.2. The van der Waals surface area contributed by atoms with Gasteiger partial charge in [-0.1, -0.05) is 60.7 Å². The van der Waals surface area contributed by atoms with Crippen LogP contribution in [0.5, 0.6) is 5.75 Å². The summed E-state index contributed by atoms with van der Waals surface area (Å²) in [6.07, 6.45) is -1.04. The fraction of sp³-hybridized carbons (Fsp3) is 0.192. The van der Waals surface area contributed by atoms with E-state index in [4.69, 9.17) is 9.47 Å². The Hall–Kier alpha value is -4.13. The number of para-hydroxylation sites is 3. The van der Waals surface area contributed by atoms with Crippen LogP contribution in [0, 0.1) is 0 Å². The lowest BCUT2D eigenvalue weighted by atomic mass is 10.0. The van der Waals surface area contributed by atoms with E-state index in [1.807, 2.05) is 54.6 Å². The van der Waals surface area contributed by atoms with E-state index >= 15 is 0 Å². The molecule has 1 aliphatic rings. The summed E-state index contributed by atoms with van der Waals surface area (Å²) >= 11 is 0. The summed E-state index contributed by atoms with van der Waals surface area (Å²) in [5.74, 6) is -0.634. The molecule has 1 atom stereocenters. The minimum absolute atomic E-state index is 0.0434. The lowest BCUT2D eigenvalue weighted by molar-refractivity contribution is -0.153. The monoisotopic (exact) mass is 444 g/mol. The molecular formula is C26H24N2O5. The quantitative estimate of drug-likeness (QED) is 0.556. The van der Waals surface area contributed by atoms with Crippen molar-refractivity contribution < 1.29 is 23.9 Å². The van der Waals surface area contributed by atoms with Crippen LogP contribution in [0.1, 0.15) is 13.3 Å². The van der Waals surface area contributed by atoms with Crippen molar-refractivity contribution in [1.29, 1.82) is 0 Å². The third-order valence-corrected chi connectivity index (χ3v) is 5.29. The maximum absolute atomic E-state index is 12.7. The SMILES string of the molecule is C[C@H](OC(=O)CCN1C(=O)COc2ccccc21)C(=O)Nc1ccccc1-c1ccccc1. The number of hydrogen-bond acceptors (Lipinski definition) is 5. The smallest absolute Gasteiger partial charge is 0.308 e. The van der Waals surface area contributed by atoms with E-state index in [9.17, 15) is 14.4 Å². The van der Waals surface area contributed by atoms with Crippen molar-refractivity contribution in [3.05, 3.63) is 78.9 Å². The van der Waals surface area contributed by atoms with Crippen molar-refractivity contribution in [2.45, 2.75) is 19.4 Å². The highest BCUT2D eigenvalue weighted by atomic mass is 16.5. The van der Waals surface area contributed by atoms with E-state index in [2.05, 4.69) is 5.32 Å². The Balaban J connectivity index is 1.35. The minimum atomic E-state index is -0.992. The number of benzene rings is 3. The summed E-state index contributed by atoms with van der Waals surface area (Å²) in [5, 5.41) is 2.84. The summed E-state index contributed by atoms with van der Waals surface area (Å²) < 4.78 is 10.7. The van der Waals surface area contributed by atoms with E-state index in [1.165, 1.54) is 11.8 Å². The molecule has 0 aliphatic carbocycles. The van der Waals surface area contributed by atoms with Gasteiger partial charge >= 0.3 is 5.97 Å². The summed E-state index contributed by atoms with van der Waals surface area (Å²) in [6, 6.07) is 24.3. The van der Waals surface area contributed by atoms with Crippen molar-refractivity contribution in [3.63, 3.8) is 0 Å². The number of anilines is 2. The predicted molar refractivity (Wildman–Crippen MR) is 125 cm³/mol. The highest BCUT2D eigenvalue weighted by Gasteiger charge is 2.26. The summed E-state index contributed by atoms with van der Waals surface area (Å²) in [7, 11) is 0. The first-order chi connectivity index (χ1) is 16.0. The first-order valence-electron chi connectivity index (χ1n) is 10.7. The van der Waals surface area contributed by atoms with Gasteiger partial charge < -0.3 is 19.7 Å². The van der Waals surface area contributed by atoms with Crippen molar-refractivity contribution >= 4 is 29.2 Å². The van der Waals surface area contributed by atoms with Crippen LogP contribution < -0.4 is 15.0 Å². The molecule has 2 amide bonds. The van der Waals surface area contributed by atoms with E-state index in [0.717, 1.165) is 11.1 Å². The number of esters is 1. The number of amides is 2. The molecule has 33 heavy (non-hydrogen) atoms. The number of rotatable bonds is 7. The molecule has 0 radical (unpaired) electrons. The van der Waals surface area contributed by atoms with Gasteiger partial charge in [-0.15, -0.1) is 0 Å². The highest BCUT2D eigenvalue weighted by Crippen LogP contribution is 2.31. The highest BCUT2D eigenvalue weighted by molar-refractivity contribution is 5.99. The van der Waals surface area contributed by atoms with Crippen LogP contribution in [0.25, 0.3) is 11.1 Å². The molecule has 4 rings (SSSR count). The molecule has 0 aromatic heterocycles. The fourth-order valence-corrected chi connectivity index (χ4v) is 3.61. The van der Waals surface area contributed by atoms with Gasteiger partial charge in [0.25, 0.3) is 11.8 Å². The molecule has 0 saturated carbocycles. The average Bonchev–Trinajstić information content (AvgIpc) is 2.84. The van der Waals surface area contributed by atoms with Crippen LogP contribution in [-0.4, -0.2) is 37.0 Å². The molecule has 1 aliphatic heterocycles. The summed E-state index contributed by atoms with van der Waals surface area (Å²) in [4.78, 5) is 38.8. The van der Waals surface area contributed by atoms with Crippen molar-refractivity contribution in [2.75, 3.05) is 23.4 Å². The van der Waals surface area contributed by atoms with Crippen molar-refractivity contribution in [3.8, 4) is 16.9 Å². The molecular weight excluding hydrogens is 420 g/mol. The molecule has 7 nitrogen and oxygen atoms in total. The lowest BCUT2D eigenvalue weighted by Crippen LogP contribution is -2.40. The van der Waals surface area contributed by atoms with Crippen LogP contribution >= 0.6 is 0 Å². The molecule has 0 fully saturated rings. The molecule has 1 heterocycles. The lowest BCUT2D eigenvalue weighted by Gasteiger charge is -2.29. The van der Waals surface area contributed by atoms with Gasteiger partial charge in [-0.05, 0) is 30.7 Å². The van der Waals surface area contributed by atoms with Gasteiger partial charge in [0, 0.05) is 17.8 Å². The number of ether oxygens (including phenoxy) is 2. The molecule has 0 spiro atoms. The van der Waals surface area contributed by atoms with Gasteiger partial charge in [0.1, 0.15) is 5.75 Å². The van der Waals surface area contributed by atoms with Gasteiger partial charge in [-0.25, -0.2) is 0 Å². The zero-order chi connectivity index (χ0) is 23.2. The van der Waals surface area contributed by atoms with Crippen LogP contribution in [0.4, 0.5) is 11.4 Å². The number of nitrogens with zero attached hydrogens (tertiary/aromatic N) is 1. The summed E-state index contributed by atoms with van der Waals surface area (Å²) in [6.45, 7) is 1.59. The van der Waals surface area contributed by atoms with Gasteiger partial charge in [0.2, 0.25) is 0 Å². The maximum atomic E-state index is 12.7. The fourth-order valence-electron chi connectivity index (χ4n) is 3.61. The largest absolute Gasteiger partial charge is 0.482 e. The minimum Gasteiger partial charge on any atom is -0.482 e.